The SMILES string of the molecule is Cc1ccnc(SCC(O)CO)c1[N+](=O)[O-]. The standard InChI is InChI=1S/C9H12N2O4S/c1-6-2-3-10-9(8(6)11(14)15)16-5-7(13)4-12/h2-3,7,12-13H,4-5H2,1H3. The van der Waals surface area contributed by atoms with E-state index in [1.807, 2.05) is 0 Å². The summed E-state index contributed by atoms with van der Waals surface area (Å²) in [5, 5.41) is 28.8. The van der Waals surface area contributed by atoms with E-state index >= 15 is 0 Å². The third-order valence-electron chi connectivity index (χ3n) is 1.90. The van der Waals surface area contributed by atoms with Crippen LogP contribution < -0.4 is 0 Å². The monoisotopic (exact) mass is 244 g/mol. The van der Waals surface area contributed by atoms with E-state index in [1.165, 1.54) is 6.20 Å². The molecule has 1 aromatic rings. The van der Waals surface area contributed by atoms with Crippen LogP contribution in [0.2, 0.25) is 0 Å². The van der Waals surface area contributed by atoms with Crippen molar-refractivity contribution in [1.29, 1.82) is 0 Å². The maximum Gasteiger partial charge on any atom is 0.304 e. The summed E-state index contributed by atoms with van der Waals surface area (Å²) in [4.78, 5) is 14.2. The highest BCUT2D eigenvalue weighted by atomic mass is 32.2. The van der Waals surface area contributed by atoms with Gasteiger partial charge in [-0.15, -0.1) is 0 Å². The van der Waals surface area contributed by atoms with Crippen LogP contribution in [-0.2, 0) is 0 Å². The first-order valence-corrected chi connectivity index (χ1v) is 5.56. The van der Waals surface area contributed by atoms with Gasteiger partial charge in [0, 0.05) is 17.5 Å². The number of hydrogen-bond donors (Lipinski definition) is 2. The van der Waals surface area contributed by atoms with Gasteiger partial charge in [0.1, 0.15) is 0 Å². The Kier molecular flexibility index (Phi) is 4.66. The molecule has 1 rings (SSSR count). The first-order valence-electron chi connectivity index (χ1n) is 4.58. The molecule has 1 atom stereocenters. The number of rotatable bonds is 5. The predicted molar refractivity (Wildman–Crippen MR) is 59.4 cm³/mol. The number of nitro groups is 1. The van der Waals surface area contributed by atoms with Crippen LogP contribution in [0.25, 0.3) is 0 Å². The Morgan fingerprint density at radius 1 is 1.69 bits per heavy atom. The normalized spacial score (nSPS) is 12.4. The molecule has 7 heteroatoms. The fourth-order valence-corrected chi connectivity index (χ4v) is 2.04. The van der Waals surface area contributed by atoms with E-state index in [0.717, 1.165) is 11.8 Å². The van der Waals surface area contributed by atoms with Gasteiger partial charge in [0.05, 0.1) is 17.6 Å². The second-order valence-corrected chi connectivity index (χ2v) is 4.19. The highest BCUT2D eigenvalue weighted by Gasteiger charge is 2.19. The number of pyridine rings is 1. The smallest absolute Gasteiger partial charge is 0.304 e. The molecule has 0 saturated heterocycles. The van der Waals surface area contributed by atoms with E-state index in [9.17, 15) is 10.1 Å². The van der Waals surface area contributed by atoms with Crippen LogP contribution in [0.3, 0.4) is 0 Å². The Hall–Kier alpha value is -1.18. The van der Waals surface area contributed by atoms with Crippen LogP contribution in [0.1, 0.15) is 5.56 Å². The molecule has 0 aliphatic heterocycles. The van der Waals surface area contributed by atoms with Gasteiger partial charge in [-0.1, -0.05) is 11.8 Å². The maximum atomic E-state index is 10.8. The third-order valence-corrected chi connectivity index (χ3v) is 3.02. The number of aryl methyl sites for hydroxylation is 1. The predicted octanol–water partition coefficient (Wildman–Crippen LogP) is 0.744. The molecule has 16 heavy (non-hydrogen) atoms. The summed E-state index contributed by atoms with van der Waals surface area (Å²) in [5.41, 5.74) is 0.485. The lowest BCUT2D eigenvalue weighted by Crippen LogP contribution is -2.14. The molecule has 88 valence electrons. The molecular weight excluding hydrogens is 232 g/mol. The van der Waals surface area contributed by atoms with Gasteiger partial charge in [-0.3, -0.25) is 10.1 Å². The molecular formula is C9H12N2O4S. The van der Waals surface area contributed by atoms with Gasteiger partial charge in [0.2, 0.25) is 0 Å². The summed E-state index contributed by atoms with van der Waals surface area (Å²) < 4.78 is 0. The minimum Gasteiger partial charge on any atom is -0.394 e. The lowest BCUT2D eigenvalue weighted by atomic mass is 10.3. The first kappa shape index (κ1) is 12.9. The lowest BCUT2D eigenvalue weighted by Gasteiger charge is -2.06. The first-order chi connectivity index (χ1) is 7.56. The fourth-order valence-electron chi connectivity index (χ4n) is 1.08. The topological polar surface area (TPSA) is 96.5 Å². The molecule has 0 spiro atoms. The fraction of sp³-hybridized carbons (Fsp3) is 0.444. The Morgan fingerprint density at radius 3 is 2.94 bits per heavy atom. The quantitative estimate of drug-likeness (QED) is 0.450. The van der Waals surface area contributed by atoms with Crippen molar-refractivity contribution in [2.24, 2.45) is 0 Å². The van der Waals surface area contributed by atoms with Gasteiger partial charge in [-0.25, -0.2) is 4.98 Å². The summed E-state index contributed by atoms with van der Waals surface area (Å²) in [7, 11) is 0. The molecule has 1 unspecified atom stereocenters. The summed E-state index contributed by atoms with van der Waals surface area (Å²) in [6.45, 7) is 1.26. The Bertz CT molecular complexity index is 386. The van der Waals surface area contributed by atoms with E-state index in [-0.39, 0.29) is 23.1 Å². The van der Waals surface area contributed by atoms with Crippen molar-refractivity contribution in [2.45, 2.75) is 18.1 Å². The molecule has 0 aliphatic rings. The average molecular weight is 244 g/mol. The van der Waals surface area contributed by atoms with Crippen molar-refractivity contribution < 1.29 is 15.1 Å². The number of thioether (sulfide) groups is 1. The molecule has 2 N–H and O–H groups in total. The number of aliphatic hydroxyl groups is 2. The Morgan fingerprint density at radius 2 is 2.38 bits per heavy atom. The molecule has 0 bridgehead atoms. The van der Waals surface area contributed by atoms with E-state index in [1.54, 1.807) is 13.0 Å². The van der Waals surface area contributed by atoms with E-state index in [4.69, 9.17) is 10.2 Å². The number of aromatic nitrogens is 1. The van der Waals surface area contributed by atoms with Crippen molar-refractivity contribution in [3.8, 4) is 0 Å². The van der Waals surface area contributed by atoms with E-state index in [0.29, 0.717) is 5.56 Å². The molecule has 6 nitrogen and oxygen atoms in total. The van der Waals surface area contributed by atoms with Gasteiger partial charge in [-0.2, -0.15) is 0 Å². The summed E-state index contributed by atoms with van der Waals surface area (Å²) in [6, 6.07) is 1.56. The molecule has 0 amide bonds. The van der Waals surface area contributed by atoms with Crippen molar-refractivity contribution >= 4 is 17.4 Å². The summed E-state index contributed by atoms with van der Waals surface area (Å²) in [5.74, 6) is 0.174. The largest absolute Gasteiger partial charge is 0.394 e. The Labute approximate surface area is 96.5 Å². The van der Waals surface area contributed by atoms with Gasteiger partial charge >= 0.3 is 5.69 Å². The van der Waals surface area contributed by atoms with Crippen molar-refractivity contribution in [2.75, 3.05) is 12.4 Å². The van der Waals surface area contributed by atoms with Crippen molar-refractivity contribution in [3.63, 3.8) is 0 Å². The molecule has 0 saturated carbocycles. The zero-order valence-electron chi connectivity index (χ0n) is 8.66. The van der Waals surface area contributed by atoms with E-state index < -0.39 is 11.0 Å². The lowest BCUT2D eigenvalue weighted by molar-refractivity contribution is -0.388. The maximum absolute atomic E-state index is 10.8. The van der Waals surface area contributed by atoms with Crippen LogP contribution in [0.4, 0.5) is 5.69 Å². The van der Waals surface area contributed by atoms with Gasteiger partial charge in [0.25, 0.3) is 0 Å². The Balaban J connectivity index is 2.87. The van der Waals surface area contributed by atoms with E-state index in [2.05, 4.69) is 4.98 Å². The molecule has 1 heterocycles. The number of hydrogen-bond acceptors (Lipinski definition) is 6. The molecule has 0 aliphatic carbocycles. The van der Waals surface area contributed by atoms with Gasteiger partial charge in [0.15, 0.2) is 5.03 Å². The van der Waals surface area contributed by atoms with Crippen LogP contribution in [-0.4, -0.2) is 38.6 Å². The second-order valence-electron chi connectivity index (χ2n) is 3.19. The summed E-state index contributed by atoms with van der Waals surface area (Å²) >= 11 is 1.06. The zero-order chi connectivity index (χ0) is 12.1. The highest BCUT2D eigenvalue weighted by molar-refractivity contribution is 7.99. The average Bonchev–Trinajstić information content (AvgIpc) is 2.25. The molecule has 0 aromatic carbocycles. The highest BCUT2D eigenvalue weighted by Crippen LogP contribution is 2.29. The van der Waals surface area contributed by atoms with Crippen LogP contribution in [0, 0.1) is 17.0 Å². The number of aliphatic hydroxyl groups excluding tert-OH is 2. The molecule has 0 fully saturated rings. The molecule has 1 aromatic heterocycles. The van der Waals surface area contributed by atoms with Crippen molar-refractivity contribution in [3.05, 3.63) is 27.9 Å². The summed E-state index contributed by atoms with van der Waals surface area (Å²) in [6.07, 6.45) is 0.586. The van der Waals surface area contributed by atoms with Gasteiger partial charge in [-0.05, 0) is 13.0 Å². The zero-order valence-corrected chi connectivity index (χ0v) is 9.48. The minimum absolute atomic E-state index is 0.0439. The molecule has 0 radical (unpaired) electrons. The minimum atomic E-state index is -0.896. The van der Waals surface area contributed by atoms with Crippen LogP contribution in [0.15, 0.2) is 17.3 Å². The van der Waals surface area contributed by atoms with Crippen molar-refractivity contribution in [1.82, 2.24) is 4.98 Å². The third kappa shape index (κ3) is 3.16. The number of nitrogens with zero attached hydrogens (tertiary/aromatic N) is 2. The van der Waals surface area contributed by atoms with Crippen LogP contribution in [0.5, 0.6) is 0 Å². The second kappa shape index (κ2) is 5.78. The van der Waals surface area contributed by atoms with Crippen LogP contribution >= 0.6 is 11.8 Å². The van der Waals surface area contributed by atoms with Gasteiger partial charge < -0.3 is 10.2 Å².